The lowest BCUT2D eigenvalue weighted by Crippen LogP contribution is -2.24. The lowest BCUT2D eigenvalue weighted by molar-refractivity contribution is -0.119. The van der Waals surface area contributed by atoms with Crippen LogP contribution in [0.25, 0.3) is 16.9 Å². The first-order valence-corrected chi connectivity index (χ1v) is 9.55. The molecule has 0 spiro atoms. The maximum atomic E-state index is 14.2. The highest BCUT2D eigenvalue weighted by Gasteiger charge is 2.24. The minimum Gasteiger partial charge on any atom is -0.497 e. The summed E-state index contributed by atoms with van der Waals surface area (Å²) in [5.41, 5.74) is 1.82. The number of carbonyl (C=O) groups excluding carboxylic acids is 1. The van der Waals surface area contributed by atoms with Gasteiger partial charge in [-0.1, -0.05) is 6.07 Å². The summed E-state index contributed by atoms with van der Waals surface area (Å²) >= 11 is 0. The summed E-state index contributed by atoms with van der Waals surface area (Å²) in [6.45, 7) is 1.45. The number of amides is 1. The summed E-state index contributed by atoms with van der Waals surface area (Å²) in [7, 11) is 1.58. The monoisotopic (exact) mass is 405 g/mol. The van der Waals surface area contributed by atoms with E-state index in [1.165, 1.54) is 12.1 Å². The van der Waals surface area contributed by atoms with Gasteiger partial charge in [0.1, 0.15) is 17.6 Å². The number of nitrogens with zero attached hydrogens (tertiary/aromatic N) is 3. The number of nitriles is 1. The Labute approximate surface area is 173 Å². The number of halogens is 1. The highest BCUT2D eigenvalue weighted by molar-refractivity contribution is 5.92. The average molecular weight is 405 g/mol. The van der Waals surface area contributed by atoms with Crippen LogP contribution in [0.4, 0.5) is 10.2 Å². The molecule has 1 saturated heterocycles. The van der Waals surface area contributed by atoms with Crippen LogP contribution < -0.4 is 15.4 Å². The maximum absolute atomic E-state index is 14.2. The van der Waals surface area contributed by atoms with Crippen molar-refractivity contribution in [3.63, 3.8) is 0 Å². The predicted octanol–water partition coefficient (Wildman–Crippen LogP) is 3.11. The van der Waals surface area contributed by atoms with Crippen LogP contribution >= 0.6 is 0 Å². The van der Waals surface area contributed by atoms with Crippen LogP contribution in [-0.4, -0.2) is 35.9 Å². The third-order valence-corrected chi connectivity index (χ3v) is 5.09. The van der Waals surface area contributed by atoms with Crippen molar-refractivity contribution >= 4 is 11.7 Å². The summed E-state index contributed by atoms with van der Waals surface area (Å²) in [6, 6.07) is 15.1. The van der Waals surface area contributed by atoms with Crippen molar-refractivity contribution in [2.24, 2.45) is 5.92 Å². The third-order valence-electron chi connectivity index (χ3n) is 5.09. The molecule has 30 heavy (non-hydrogen) atoms. The topological polar surface area (TPSA) is 92.0 Å². The highest BCUT2D eigenvalue weighted by atomic mass is 19.1. The van der Waals surface area contributed by atoms with E-state index in [1.54, 1.807) is 36.1 Å². The predicted molar refractivity (Wildman–Crippen MR) is 110 cm³/mol. The second-order valence-corrected chi connectivity index (χ2v) is 7.01. The number of rotatable bonds is 5. The molecule has 1 aliphatic rings. The van der Waals surface area contributed by atoms with E-state index in [9.17, 15) is 9.18 Å². The Morgan fingerprint density at radius 2 is 2.10 bits per heavy atom. The zero-order valence-electron chi connectivity index (χ0n) is 16.4. The first kappa shape index (κ1) is 19.6. The Hall–Kier alpha value is -3.70. The Bertz CT molecular complexity index is 1110. The molecular weight excluding hydrogens is 385 g/mol. The first-order chi connectivity index (χ1) is 14.6. The van der Waals surface area contributed by atoms with Crippen molar-refractivity contribution in [1.29, 1.82) is 5.26 Å². The third kappa shape index (κ3) is 3.88. The van der Waals surface area contributed by atoms with Crippen molar-refractivity contribution in [1.82, 2.24) is 15.1 Å². The molecule has 1 amide bonds. The van der Waals surface area contributed by atoms with Gasteiger partial charge in [0.05, 0.1) is 30.0 Å². The van der Waals surface area contributed by atoms with Crippen LogP contribution in [0, 0.1) is 23.1 Å². The zero-order valence-corrected chi connectivity index (χ0v) is 16.4. The second kappa shape index (κ2) is 8.35. The number of anilines is 1. The van der Waals surface area contributed by atoms with Gasteiger partial charge in [0, 0.05) is 18.2 Å². The van der Waals surface area contributed by atoms with E-state index in [0.717, 1.165) is 18.7 Å². The summed E-state index contributed by atoms with van der Waals surface area (Å²) in [6.07, 6.45) is 0.777. The Morgan fingerprint density at radius 1 is 1.30 bits per heavy atom. The number of aromatic nitrogens is 2. The molecule has 2 heterocycles. The van der Waals surface area contributed by atoms with Crippen LogP contribution in [0.2, 0.25) is 0 Å². The summed E-state index contributed by atoms with van der Waals surface area (Å²) < 4.78 is 21.1. The van der Waals surface area contributed by atoms with E-state index in [1.807, 2.05) is 18.2 Å². The van der Waals surface area contributed by atoms with Gasteiger partial charge in [-0.3, -0.25) is 4.79 Å². The Kier molecular flexibility index (Phi) is 5.46. The van der Waals surface area contributed by atoms with Gasteiger partial charge in [0.2, 0.25) is 5.91 Å². The van der Waals surface area contributed by atoms with Crippen LogP contribution in [0.5, 0.6) is 5.75 Å². The van der Waals surface area contributed by atoms with Crippen LogP contribution in [0.3, 0.4) is 0 Å². The summed E-state index contributed by atoms with van der Waals surface area (Å²) in [4.78, 5) is 12.5. The second-order valence-electron chi connectivity index (χ2n) is 7.01. The lowest BCUT2D eigenvalue weighted by atomic mass is 10.1. The molecule has 8 heteroatoms. The standard InChI is InChI=1S/C22H20FN5O2/c1-30-18-6-4-17(5-7-18)28-20(14-2-3-15(12-24)19(23)10-14)11-21(27-28)26-22(29)16-8-9-25-13-16/h2-7,10-11,16,25H,8-9,13H2,1H3,(H,26,27,29). The first-order valence-electron chi connectivity index (χ1n) is 9.55. The van der Waals surface area contributed by atoms with Gasteiger partial charge in [-0.15, -0.1) is 5.10 Å². The molecule has 1 unspecified atom stereocenters. The minimum absolute atomic E-state index is 0.0310. The van der Waals surface area contributed by atoms with Crippen molar-refractivity contribution in [2.45, 2.75) is 6.42 Å². The molecule has 0 saturated carbocycles. The van der Waals surface area contributed by atoms with E-state index in [2.05, 4.69) is 15.7 Å². The molecule has 0 radical (unpaired) electrons. The number of hydrogen-bond donors (Lipinski definition) is 2. The molecule has 1 aliphatic heterocycles. The van der Waals surface area contributed by atoms with Gasteiger partial charge in [-0.2, -0.15) is 5.26 Å². The molecule has 2 aromatic carbocycles. The van der Waals surface area contributed by atoms with Gasteiger partial charge in [-0.25, -0.2) is 9.07 Å². The number of carbonyl (C=O) groups is 1. The fourth-order valence-corrected chi connectivity index (χ4v) is 3.44. The Morgan fingerprint density at radius 3 is 2.73 bits per heavy atom. The van der Waals surface area contributed by atoms with Crippen LogP contribution in [-0.2, 0) is 4.79 Å². The zero-order chi connectivity index (χ0) is 21.1. The number of benzene rings is 2. The van der Waals surface area contributed by atoms with E-state index < -0.39 is 5.82 Å². The smallest absolute Gasteiger partial charge is 0.230 e. The molecular formula is C22H20FN5O2. The fraction of sp³-hybridized carbons (Fsp3) is 0.227. The van der Waals surface area contributed by atoms with Gasteiger partial charge in [0.15, 0.2) is 5.82 Å². The summed E-state index contributed by atoms with van der Waals surface area (Å²) in [5, 5.41) is 19.6. The van der Waals surface area contributed by atoms with Gasteiger partial charge >= 0.3 is 0 Å². The molecule has 0 aliphatic carbocycles. The van der Waals surface area contributed by atoms with E-state index in [0.29, 0.717) is 29.4 Å². The molecule has 1 aromatic heterocycles. The number of ether oxygens (including phenoxy) is 1. The SMILES string of the molecule is COc1ccc(-n2nc(NC(=O)C3CCNC3)cc2-c2ccc(C#N)c(F)c2)cc1. The molecule has 2 N–H and O–H groups in total. The average Bonchev–Trinajstić information content (AvgIpc) is 3.44. The molecule has 152 valence electrons. The van der Waals surface area contributed by atoms with Crippen LogP contribution in [0.1, 0.15) is 12.0 Å². The number of methoxy groups -OCH3 is 1. The maximum Gasteiger partial charge on any atom is 0.230 e. The number of nitrogens with one attached hydrogen (secondary N) is 2. The number of hydrogen-bond acceptors (Lipinski definition) is 5. The van der Waals surface area contributed by atoms with Crippen molar-refractivity contribution in [3.8, 4) is 28.8 Å². The Balaban J connectivity index is 1.74. The molecule has 1 fully saturated rings. The molecule has 4 rings (SSSR count). The van der Waals surface area contributed by atoms with Crippen molar-refractivity contribution in [2.75, 3.05) is 25.5 Å². The van der Waals surface area contributed by atoms with Crippen molar-refractivity contribution in [3.05, 3.63) is 59.9 Å². The lowest BCUT2D eigenvalue weighted by Gasteiger charge is -2.09. The molecule has 3 aromatic rings. The molecule has 1 atom stereocenters. The highest BCUT2D eigenvalue weighted by Crippen LogP contribution is 2.28. The summed E-state index contributed by atoms with van der Waals surface area (Å²) in [5.74, 6) is 0.255. The van der Waals surface area contributed by atoms with E-state index >= 15 is 0 Å². The van der Waals surface area contributed by atoms with Gasteiger partial charge < -0.3 is 15.4 Å². The molecule has 0 bridgehead atoms. The quantitative estimate of drug-likeness (QED) is 0.681. The molecule has 7 nitrogen and oxygen atoms in total. The van der Waals surface area contributed by atoms with Gasteiger partial charge in [0.25, 0.3) is 0 Å². The van der Waals surface area contributed by atoms with E-state index in [4.69, 9.17) is 10.00 Å². The van der Waals surface area contributed by atoms with Crippen LogP contribution in [0.15, 0.2) is 48.5 Å². The van der Waals surface area contributed by atoms with Crippen molar-refractivity contribution < 1.29 is 13.9 Å². The van der Waals surface area contributed by atoms with E-state index in [-0.39, 0.29) is 17.4 Å². The normalized spacial score (nSPS) is 15.6. The minimum atomic E-state index is -0.611. The largest absolute Gasteiger partial charge is 0.497 e. The fourth-order valence-electron chi connectivity index (χ4n) is 3.44. The van der Waals surface area contributed by atoms with Gasteiger partial charge in [-0.05, 0) is 49.4 Å².